The average Bonchev–Trinajstić information content (AvgIpc) is 2.53. The van der Waals surface area contributed by atoms with E-state index in [4.69, 9.17) is 16.3 Å². The van der Waals surface area contributed by atoms with Crippen LogP contribution in [0.3, 0.4) is 0 Å². The minimum Gasteiger partial charge on any atom is -0.469 e. The van der Waals surface area contributed by atoms with Crippen LogP contribution < -0.4 is 10.6 Å². The van der Waals surface area contributed by atoms with Crippen molar-refractivity contribution in [3.63, 3.8) is 0 Å². The van der Waals surface area contributed by atoms with Crippen LogP contribution in [0.15, 0.2) is 29.3 Å². The molecule has 0 aliphatic carbocycles. The fraction of sp³-hybridized carbons (Fsp3) is 0.500. The second-order valence-corrected chi connectivity index (χ2v) is 5.38. The van der Waals surface area contributed by atoms with Crippen LogP contribution in [0.25, 0.3) is 0 Å². The van der Waals surface area contributed by atoms with Gasteiger partial charge in [0.05, 0.1) is 19.6 Å². The lowest BCUT2D eigenvalue weighted by Crippen LogP contribution is -2.38. The highest BCUT2D eigenvalue weighted by molar-refractivity contribution is 6.30. The second-order valence-electron chi connectivity index (χ2n) is 4.95. The lowest BCUT2D eigenvalue weighted by molar-refractivity contribution is -0.144. The summed E-state index contributed by atoms with van der Waals surface area (Å²) in [6, 6.07) is 7.78. The zero-order chi connectivity index (χ0) is 16.4. The number of methoxy groups -OCH3 is 1. The van der Waals surface area contributed by atoms with E-state index in [1.54, 1.807) is 6.92 Å². The second kappa shape index (κ2) is 10.1. The SMILES string of the molecule is CCNC(=NCC(C)C(=O)OC)NCCc1ccc(Cl)cc1. The Labute approximate surface area is 137 Å². The molecule has 1 rings (SSSR count). The molecule has 0 fully saturated rings. The van der Waals surface area contributed by atoms with Gasteiger partial charge in [-0.2, -0.15) is 0 Å². The Morgan fingerprint density at radius 3 is 2.59 bits per heavy atom. The van der Waals surface area contributed by atoms with Gasteiger partial charge in [-0.1, -0.05) is 30.7 Å². The molecule has 5 nitrogen and oxygen atoms in total. The molecule has 1 unspecified atom stereocenters. The third-order valence-corrected chi connectivity index (χ3v) is 3.34. The van der Waals surface area contributed by atoms with Crippen LogP contribution >= 0.6 is 11.6 Å². The van der Waals surface area contributed by atoms with E-state index in [1.165, 1.54) is 12.7 Å². The predicted octanol–water partition coefficient (Wildman–Crippen LogP) is 2.25. The van der Waals surface area contributed by atoms with Crippen LogP contribution in [-0.2, 0) is 16.0 Å². The van der Waals surface area contributed by atoms with Crippen LogP contribution in [0.2, 0.25) is 5.02 Å². The Hall–Kier alpha value is -1.75. The molecular formula is C16H24ClN3O2. The topological polar surface area (TPSA) is 62.7 Å². The first-order valence-electron chi connectivity index (χ1n) is 7.41. The number of carbonyl (C=O) groups is 1. The number of carbonyl (C=O) groups excluding carboxylic acids is 1. The number of halogens is 1. The molecule has 0 heterocycles. The zero-order valence-electron chi connectivity index (χ0n) is 13.4. The Balaban J connectivity index is 2.46. The van der Waals surface area contributed by atoms with Gasteiger partial charge in [-0.05, 0) is 31.0 Å². The third kappa shape index (κ3) is 6.80. The summed E-state index contributed by atoms with van der Waals surface area (Å²) in [5.41, 5.74) is 1.20. The van der Waals surface area contributed by atoms with Crippen molar-refractivity contribution in [1.29, 1.82) is 0 Å². The van der Waals surface area contributed by atoms with Crippen LogP contribution in [0.1, 0.15) is 19.4 Å². The van der Waals surface area contributed by atoms with Gasteiger partial charge in [-0.25, -0.2) is 0 Å². The molecule has 22 heavy (non-hydrogen) atoms. The summed E-state index contributed by atoms with van der Waals surface area (Å²) in [5, 5.41) is 7.15. The van der Waals surface area contributed by atoms with Crippen molar-refractivity contribution in [2.45, 2.75) is 20.3 Å². The highest BCUT2D eigenvalue weighted by Gasteiger charge is 2.12. The summed E-state index contributed by atoms with van der Waals surface area (Å²) in [6.45, 7) is 5.70. The van der Waals surface area contributed by atoms with Crippen LogP contribution in [0, 0.1) is 5.92 Å². The molecule has 0 amide bonds. The van der Waals surface area contributed by atoms with Crippen molar-refractivity contribution in [1.82, 2.24) is 10.6 Å². The van der Waals surface area contributed by atoms with E-state index in [-0.39, 0.29) is 11.9 Å². The van der Waals surface area contributed by atoms with Gasteiger partial charge < -0.3 is 15.4 Å². The molecule has 1 aromatic carbocycles. The summed E-state index contributed by atoms with van der Waals surface area (Å²) in [5.74, 6) is 0.199. The number of esters is 1. The van der Waals surface area contributed by atoms with Gasteiger partial charge in [0.2, 0.25) is 0 Å². The summed E-state index contributed by atoms with van der Waals surface area (Å²) in [7, 11) is 1.39. The fourth-order valence-electron chi connectivity index (χ4n) is 1.82. The Bertz CT molecular complexity index is 489. The first-order valence-corrected chi connectivity index (χ1v) is 7.79. The third-order valence-electron chi connectivity index (χ3n) is 3.09. The molecule has 2 N–H and O–H groups in total. The van der Waals surface area contributed by atoms with Crippen molar-refractivity contribution in [3.8, 4) is 0 Å². The molecule has 0 aliphatic rings. The zero-order valence-corrected chi connectivity index (χ0v) is 14.1. The quantitative estimate of drug-likeness (QED) is 0.458. The highest BCUT2D eigenvalue weighted by atomic mass is 35.5. The van der Waals surface area contributed by atoms with Gasteiger partial charge >= 0.3 is 5.97 Å². The van der Waals surface area contributed by atoms with E-state index in [0.717, 1.165) is 24.5 Å². The number of benzene rings is 1. The van der Waals surface area contributed by atoms with Crippen molar-refractivity contribution >= 4 is 23.5 Å². The summed E-state index contributed by atoms with van der Waals surface area (Å²) < 4.78 is 4.69. The van der Waals surface area contributed by atoms with Gasteiger partial charge in [-0.15, -0.1) is 0 Å². The van der Waals surface area contributed by atoms with E-state index >= 15 is 0 Å². The number of ether oxygens (including phenoxy) is 1. The van der Waals surface area contributed by atoms with Gasteiger partial charge in [0.1, 0.15) is 0 Å². The van der Waals surface area contributed by atoms with Crippen LogP contribution in [0.4, 0.5) is 0 Å². The van der Waals surface area contributed by atoms with Gasteiger partial charge in [0.15, 0.2) is 5.96 Å². The summed E-state index contributed by atoms with van der Waals surface area (Å²) in [6.07, 6.45) is 0.869. The predicted molar refractivity (Wildman–Crippen MR) is 90.3 cm³/mol. The maximum absolute atomic E-state index is 11.4. The van der Waals surface area contributed by atoms with E-state index < -0.39 is 0 Å². The average molecular weight is 326 g/mol. The lowest BCUT2D eigenvalue weighted by Gasteiger charge is -2.12. The molecule has 1 atom stereocenters. The van der Waals surface area contributed by atoms with Crippen molar-refractivity contribution in [2.24, 2.45) is 10.9 Å². The van der Waals surface area contributed by atoms with E-state index in [0.29, 0.717) is 12.5 Å². The maximum atomic E-state index is 11.4. The number of hydrogen-bond donors (Lipinski definition) is 2. The standard InChI is InChI=1S/C16H24ClN3O2/c1-4-18-16(20-11-12(2)15(21)22-3)19-10-9-13-5-7-14(17)8-6-13/h5-8,12H,4,9-11H2,1-3H3,(H2,18,19,20). The minimum absolute atomic E-state index is 0.249. The van der Waals surface area contributed by atoms with Gasteiger partial charge in [0.25, 0.3) is 0 Å². The number of nitrogens with zero attached hydrogens (tertiary/aromatic N) is 1. The summed E-state index contributed by atoms with van der Waals surface area (Å²) >= 11 is 5.86. The minimum atomic E-state index is -0.253. The number of rotatable bonds is 7. The molecule has 1 aromatic rings. The molecule has 0 saturated carbocycles. The van der Waals surface area contributed by atoms with E-state index in [2.05, 4.69) is 15.6 Å². The molecule has 0 spiro atoms. The number of hydrogen-bond acceptors (Lipinski definition) is 3. The number of guanidine groups is 1. The van der Waals surface area contributed by atoms with E-state index in [9.17, 15) is 4.79 Å². The fourth-order valence-corrected chi connectivity index (χ4v) is 1.95. The molecular weight excluding hydrogens is 302 g/mol. The molecule has 6 heteroatoms. The Kier molecular flexibility index (Phi) is 8.36. The Morgan fingerprint density at radius 1 is 1.32 bits per heavy atom. The number of aliphatic imine (C=N–C) groups is 1. The normalized spacial score (nSPS) is 12.6. The smallest absolute Gasteiger partial charge is 0.310 e. The molecule has 0 aliphatic heterocycles. The summed E-state index contributed by atoms with van der Waals surface area (Å²) in [4.78, 5) is 15.8. The monoisotopic (exact) mass is 325 g/mol. The Morgan fingerprint density at radius 2 is 2.00 bits per heavy atom. The maximum Gasteiger partial charge on any atom is 0.310 e. The largest absolute Gasteiger partial charge is 0.469 e. The van der Waals surface area contributed by atoms with Crippen molar-refractivity contribution in [2.75, 3.05) is 26.7 Å². The first-order chi connectivity index (χ1) is 10.6. The molecule has 0 radical (unpaired) electrons. The number of nitrogens with one attached hydrogen (secondary N) is 2. The van der Waals surface area contributed by atoms with Crippen molar-refractivity contribution < 1.29 is 9.53 Å². The molecule has 0 bridgehead atoms. The van der Waals surface area contributed by atoms with Crippen molar-refractivity contribution in [3.05, 3.63) is 34.9 Å². The van der Waals surface area contributed by atoms with Gasteiger partial charge in [0, 0.05) is 18.1 Å². The van der Waals surface area contributed by atoms with Crippen LogP contribution in [-0.4, -0.2) is 38.7 Å². The highest BCUT2D eigenvalue weighted by Crippen LogP contribution is 2.09. The molecule has 0 aromatic heterocycles. The lowest BCUT2D eigenvalue weighted by atomic mass is 10.1. The molecule has 0 saturated heterocycles. The molecule has 122 valence electrons. The first kappa shape index (κ1) is 18.3. The van der Waals surface area contributed by atoms with Gasteiger partial charge in [-0.3, -0.25) is 9.79 Å². The van der Waals surface area contributed by atoms with E-state index in [1.807, 2.05) is 31.2 Å². The van der Waals surface area contributed by atoms with Crippen LogP contribution in [0.5, 0.6) is 0 Å².